The smallest absolute Gasteiger partial charge is 0.193 e. The monoisotopic (exact) mass is 411 g/mol. The van der Waals surface area contributed by atoms with Crippen LogP contribution in [0.2, 0.25) is 0 Å². The van der Waals surface area contributed by atoms with Crippen LogP contribution in [0.3, 0.4) is 0 Å². The minimum atomic E-state index is 0. The lowest BCUT2D eigenvalue weighted by atomic mass is 10.2. The van der Waals surface area contributed by atoms with Gasteiger partial charge in [0.25, 0.3) is 0 Å². The van der Waals surface area contributed by atoms with Gasteiger partial charge in [0.1, 0.15) is 5.75 Å². The van der Waals surface area contributed by atoms with E-state index in [0.717, 1.165) is 17.0 Å². The molecule has 0 atom stereocenters. The highest BCUT2D eigenvalue weighted by Crippen LogP contribution is 2.14. The Balaban J connectivity index is 0.00000242. The zero-order chi connectivity index (χ0) is 15.1. The first-order valence-corrected chi connectivity index (χ1v) is 7.02. The average molecular weight is 411 g/mol. The van der Waals surface area contributed by atoms with Crippen LogP contribution in [-0.4, -0.2) is 12.6 Å². The van der Waals surface area contributed by atoms with Crippen molar-refractivity contribution < 1.29 is 4.74 Å². The standard InChI is InChI=1S/C17H21N3O.HI/c1-3-21-16-9-5-7-14(11-16)12-19-17(18)20-15-8-4-6-13(2)10-15;/h4-11H,3,12H2,1-2H3,(H3,18,19,20);1H. The Labute approximate surface area is 148 Å². The lowest BCUT2D eigenvalue weighted by molar-refractivity contribution is 0.340. The van der Waals surface area contributed by atoms with E-state index in [4.69, 9.17) is 10.5 Å². The van der Waals surface area contributed by atoms with E-state index in [2.05, 4.69) is 10.3 Å². The summed E-state index contributed by atoms with van der Waals surface area (Å²) in [5.74, 6) is 1.26. The van der Waals surface area contributed by atoms with Gasteiger partial charge in [-0.3, -0.25) is 0 Å². The Morgan fingerprint density at radius 1 is 1.18 bits per heavy atom. The summed E-state index contributed by atoms with van der Waals surface area (Å²) in [5.41, 5.74) is 9.09. The molecule has 4 nitrogen and oxygen atoms in total. The van der Waals surface area contributed by atoms with Crippen molar-refractivity contribution in [2.24, 2.45) is 10.7 Å². The normalized spacial score (nSPS) is 10.7. The predicted molar refractivity (Wildman–Crippen MR) is 103 cm³/mol. The van der Waals surface area contributed by atoms with Gasteiger partial charge in [0.05, 0.1) is 13.2 Å². The third kappa shape index (κ3) is 5.93. The molecule has 118 valence electrons. The molecule has 2 aromatic rings. The fraction of sp³-hybridized carbons (Fsp3) is 0.235. The van der Waals surface area contributed by atoms with Crippen molar-refractivity contribution in [3.05, 3.63) is 59.7 Å². The van der Waals surface area contributed by atoms with Crippen molar-refractivity contribution >= 4 is 35.6 Å². The molecule has 0 bridgehead atoms. The lowest BCUT2D eigenvalue weighted by Crippen LogP contribution is -2.22. The van der Waals surface area contributed by atoms with E-state index >= 15 is 0 Å². The van der Waals surface area contributed by atoms with E-state index in [0.29, 0.717) is 19.1 Å². The second-order valence-electron chi connectivity index (χ2n) is 4.78. The Hall–Kier alpha value is -1.76. The molecule has 22 heavy (non-hydrogen) atoms. The van der Waals surface area contributed by atoms with Crippen LogP contribution in [0.25, 0.3) is 0 Å². The van der Waals surface area contributed by atoms with E-state index in [1.807, 2.05) is 62.4 Å². The molecule has 0 saturated heterocycles. The SMILES string of the molecule is CCOc1cccc(CN=C(N)Nc2cccc(C)c2)c1.I. The Morgan fingerprint density at radius 2 is 1.95 bits per heavy atom. The molecule has 2 rings (SSSR count). The fourth-order valence-corrected chi connectivity index (χ4v) is 1.99. The number of guanidine groups is 1. The van der Waals surface area contributed by atoms with Crippen molar-refractivity contribution in [3.63, 3.8) is 0 Å². The summed E-state index contributed by atoms with van der Waals surface area (Å²) in [7, 11) is 0. The molecule has 0 radical (unpaired) electrons. The highest BCUT2D eigenvalue weighted by molar-refractivity contribution is 14.0. The molecule has 5 heteroatoms. The first kappa shape index (κ1) is 18.3. The summed E-state index contributed by atoms with van der Waals surface area (Å²) < 4.78 is 5.47. The molecular formula is C17H22IN3O. The van der Waals surface area contributed by atoms with Crippen molar-refractivity contribution in [1.82, 2.24) is 0 Å². The van der Waals surface area contributed by atoms with Crippen molar-refractivity contribution in [2.45, 2.75) is 20.4 Å². The topological polar surface area (TPSA) is 59.6 Å². The molecule has 0 aromatic heterocycles. The Kier molecular flexibility index (Phi) is 7.73. The number of nitrogens with zero attached hydrogens (tertiary/aromatic N) is 1. The number of nitrogens with one attached hydrogen (secondary N) is 1. The van der Waals surface area contributed by atoms with Crippen molar-refractivity contribution in [2.75, 3.05) is 11.9 Å². The Bertz CT molecular complexity index is 629. The summed E-state index contributed by atoms with van der Waals surface area (Å²) in [5, 5.41) is 3.09. The molecule has 0 heterocycles. The highest BCUT2D eigenvalue weighted by atomic mass is 127. The number of anilines is 1. The van der Waals surface area contributed by atoms with E-state index < -0.39 is 0 Å². The maximum Gasteiger partial charge on any atom is 0.193 e. The number of rotatable bonds is 5. The van der Waals surface area contributed by atoms with E-state index in [-0.39, 0.29) is 24.0 Å². The van der Waals surface area contributed by atoms with Crippen LogP contribution in [0.15, 0.2) is 53.5 Å². The number of aryl methyl sites for hydroxylation is 1. The van der Waals surface area contributed by atoms with Crippen LogP contribution in [0.4, 0.5) is 5.69 Å². The van der Waals surface area contributed by atoms with E-state index in [1.54, 1.807) is 0 Å². The number of ether oxygens (including phenoxy) is 1. The number of hydrogen-bond acceptors (Lipinski definition) is 2. The largest absolute Gasteiger partial charge is 0.494 e. The summed E-state index contributed by atoms with van der Waals surface area (Å²) in [4.78, 5) is 4.35. The maximum atomic E-state index is 5.91. The lowest BCUT2D eigenvalue weighted by Gasteiger charge is -2.07. The molecule has 0 fully saturated rings. The van der Waals surface area contributed by atoms with Gasteiger partial charge in [-0.25, -0.2) is 4.99 Å². The third-order valence-corrected chi connectivity index (χ3v) is 2.93. The zero-order valence-electron chi connectivity index (χ0n) is 12.9. The summed E-state index contributed by atoms with van der Waals surface area (Å²) in [6.45, 7) is 5.18. The predicted octanol–water partition coefficient (Wildman–Crippen LogP) is 3.94. The minimum Gasteiger partial charge on any atom is -0.494 e. The second kappa shape index (κ2) is 9.30. The molecule has 0 aliphatic carbocycles. The number of halogens is 1. The average Bonchev–Trinajstić information content (AvgIpc) is 2.46. The minimum absolute atomic E-state index is 0. The number of benzene rings is 2. The van der Waals surface area contributed by atoms with Gasteiger partial charge in [-0.05, 0) is 49.2 Å². The molecule has 0 saturated carbocycles. The first-order valence-electron chi connectivity index (χ1n) is 7.02. The van der Waals surface area contributed by atoms with Crippen LogP contribution in [0, 0.1) is 6.92 Å². The number of aliphatic imine (C=N–C) groups is 1. The molecule has 3 N–H and O–H groups in total. The zero-order valence-corrected chi connectivity index (χ0v) is 15.2. The molecule has 0 unspecified atom stereocenters. The van der Waals surface area contributed by atoms with Crippen LogP contribution >= 0.6 is 24.0 Å². The summed E-state index contributed by atoms with van der Waals surface area (Å²) >= 11 is 0. The van der Waals surface area contributed by atoms with Crippen molar-refractivity contribution in [1.29, 1.82) is 0 Å². The van der Waals surface area contributed by atoms with E-state index in [1.165, 1.54) is 5.56 Å². The summed E-state index contributed by atoms with van der Waals surface area (Å²) in [6, 6.07) is 15.9. The number of nitrogens with two attached hydrogens (primary N) is 1. The van der Waals surface area contributed by atoms with Gasteiger partial charge in [0.2, 0.25) is 0 Å². The Morgan fingerprint density at radius 3 is 2.68 bits per heavy atom. The molecule has 0 aliphatic rings. The van der Waals surface area contributed by atoms with Gasteiger partial charge in [0, 0.05) is 5.69 Å². The van der Waals surface area contributed by atoms with E-state index in [9.17, 15) is 0 Å². The van der Waals surface area contributed by atoms with Gasteiger partial charge < -0.3 is 15.8 Å². The van der Waals surface area contributed by atoms with Gasteiger partial charge in [0.15, 0.2) is 5.96 Å². The molecule has 0 amide bonds. The van der Waals surface area contributed by atoms with Crippen LogP contribution in [0.1, 0.15) is 18.1 Å². The van der Waals surface area contributed by atoms with Gasteiger partial charge >= 0.3 is 0 Å². The number of hydrogen-bond donors (Lipinski definition) is 2. The highest BCUT2D eigenvalue weighted by Gasteiger charge is 1.98. The van der Waals surface area contributed by atoms with Gasteiger partial charge in [-0.1, -0.05) is 24.3 Å². The fourth-order valence-electron chi connectivity index (χ4n) is 1.99. The maximum absolute atomic E-state index is 5.91. The quantitative estimate of drug-likeness (QED) is 0.445. The second-order valence-corrected chi connectivity index (χ2v) is 4.78. The van der Waals surface area contributed by atoms with Crippen molar-refractivity contribution in [3.8, 4) is 5.75 Å². The molecular weight excluding hydrogens is 389 g/mol. The third-order valence-electron chi connectivity index (χ3n) is 2.93. The summed E-state index contributed by atoms with van der Waals surface area (Å²) in [6.07, 6.45) is 0. The molecule has 0 aliphatic heterocycles. The van der Waals surface area contributed by atoms with Gasteiger partial charge in [-0.15, -0.1) is 24.0 Å². The van der Waals surface area contributed by atoms with Crippen LogP contribution in [0.5, 0.6) is 5.75 Å². The molecule has 2 aromatic carbocycles. The van der Waals surface area contributed by atoms with Crippen LogP contribution < -0.4 is 15.8 Å². The van der Waals surface area contributed by atoms with Gasteiger partial charge in [-0.2, -0.15) is 0 Å². The first-order chi connectivity index (χ1) is 10.2. The molecule has 0 spiro atoms. The van der Waals surface area contributed by atoms with Crippen LogP contribution in [-0.2, 0) is 6.54 Å².